The Morgan fingerprint density at radius 2 is 2.12 bits per heavy atom. The van der Waals surface area contributed by atoms with E-state index < -0.39 is 0 Å². The molecule has 0 atom stereocenters. The van der Waals surface area contributed by atoms with E-state index in [-0.39, 0.29) is 5.82 Å². The summed E-state index contributed by atoms with van der Waals surface area (Å²) in [5.74, 6) is 1.76. The Morgan fingerprint density at radius 1 is 1.35 bits per heavy atom. The van der Waals surface area contributed by atoms with E-state index in [0.717, 1.165) is 44.2 Å². The molecule has 0 amide bonds. The SMILES string of the molecule is CN=C(NCc1noc(C)n1)N1CCN(Cc2ccc(Br)c(F)c2)CC1. The molecule has 9 heteroatoms. The van der Waals surface area contributed by atoms with Crippen LogP contribution in [0.4, 0.5) is 4.39 Å². The Balaban J connectivity index is 1.49. The molecular formula is C17H22BrFN6O. The van der Waals surface area contributed by atoms with Crippen LogP contribution in [-0.4, -0.2) is 59.1 Å². The van der Waals surface area contributed by atoms with Crippen LogP contribution in [-0.2, 0) is 13.1 Å². The molecule has 2 heterocycles. The minimum Gasteiger partial charge on any atom is -0.349 e. The molecule has 1 fully saturated rings. The molecule has 0 saturated carbocycles. The van der Waals surface area contributed by atoms with Crippen molar-refractivity contribution in [3.8, 4) is 0 Å². The van der Waals surface area contributed by atoms with Gasteiger partial charge in [0.25, 0.3) is 0 Å². The number of aromatic nitrogens is 2. The second kappa shape index (κ2) is 8.59. The Morgan fingerprint density at radius 3 is 2.73 bits per heavy atom. The van der Waals surface area contributed by atoms with Gasteiger partial charge in [-0.15, -0.1) is 0 Å². The number of piperazine rings is 1. The fraction of sp³-hybridized carbons (Fsp3) is 0.471. The Bertz CT molecular complexity index is 772. The van der Waals surface area contributed by atoms with E-state index in [0.29, 0.717) is 22.7 Å². The molecule has 1 saturated heterocycles. The third-order valence-corrected chi connectivity index (χ3v) is 4.89. The van der Waals surface area contributed by atoms with Gasteiger partial charge in [-0.3, -0.25) is 9.89 Å². The Hall–Kier alpha value is -2.00. The number of aliphatic imine (C=N–C) groups is 1. The Kier molecular flexibility index (Phi) is 6.20. The minimum atomic E-state index is -0.220. The smallest absolute Gasteiger partial charge is 0.223 e. The van der Waals surface area contributed by atoms with Gasteiger partial charge in [-0.25, -0.2) is 4.39 Å². The lowest BCUT2D eigenvalue weighted by atomic mass is 10.2. The Labute approximate surface area is 160 Å². The predicted octanol–water partition coefficient (Wildman–Crippen LogP) is 2.17. The maximum atomic E-state index is 13.7. The van der Waals surface area contributed by atoms with E-state index in [1.807, 2.05) is 6.07 Å². The topological polar surface area (TPSA) is 69.8 Å². The molecule has 1 aromatic carbocycles. The highest BCUT2D eigenvalue weighted by Gasteiger charge is 2.20. The van der Waals surface area contributed by atoms with Crippen LogP contribution >= 0.6 is 15.9 Å². The zero-order valence-electron chi connectivity index (χ0n) is 14.9. The molecule has 1 aliphatic heterocycles. The summed E-state index contributed by atoms with van der Waals surface area (Å²) < 4.78 is 19.1. The maximum absolute atomic E-state index is 13.7. The molecule has 7 nitrogen and oxygen atoms in total. The van der Waals surface area contributed by atoms with Gasteiger partial charge in [-0.05, 0) is 33.6 Å². The van der Waals surface area contributed by atoms with Crippen LogP contribution in [0.5, 0.6) is 0 Å². The first kappa shape index (κ1) is 18.8. The lowest BCUT2D eigenvalue weighted by Gasteiger charge is -2.36. The van der Waals surface area contributed by atoms with Crippen molar-refractivity contribution >= 4 is 21.9 Å². The highest BCUT2D eigenvalue weighted by atomic mass is 79.9. The van der Waals surface area contributed by atoms with E-state index in [1.165, 1.54) is 0 Å². The number of aryl methyl sites for hydroxylation is 1. The lowest BCUT2D eigenvalue weighted by Crippen LogP contribution is -2.52. The molecule has 0 radical (unpaired) electrons. The summed E-state index contributed by atoms with van der Waals surface area (Å²) in [4.78, 5) is 13.0. The largest absolute Gasteiger partial charge is 0.349 e. The summed E-state index contributed by atoms with van der Waals surface area (Å²) in [7, 11) is 1.76. The molecule has 0 aliphatic carbocycles. The fourth-order valence-electron chi connectivity index (χ4n) is 2.92. The van der Waals surface area contributed by atoms with Crippen LogP contribution in [0.2, 0.25) is 0 Å². The van der Waals surface area contributed by atoms with Crippen molar-refractivity contribution in [1.29, 1.82) is 0 Å². The maximum Gasteiger partial charge on any atom is 0.223 e. The molecule has 2 aromatic rings. The number of nitrogens with zero attached hydrogens (tertiary/aromatic N) is 5. The highest BCUT2D eigenvalue weighted by molar-refractivity contribution is 9.10. The van der Waals surface area contributed by atoms with Gasteiger partial charge in [0.15, 0.2) is 11.8 Å². The van der Waals surface area contributed by atoms with Crippen molar-refractivity contribution in [3.63, 3.8) is 0 Å². The molecule has 140 valence electrons. The van der Waals surface area contributed by atoms with Crippen LogP contribution in [0.25, 0.3) is 0 Å². The van der Waals surface area contributed by atoms with Gasteiger partial charge in [0.05, 0.1) is 11.0 Å². The number of nitrogens with one attached hydrogen (secondary N) is 1. The summed E-state index contributed by atoms with van der Waals surface area (Å²) in [5, 5.41) is 7.14. The van der Waals surface area contributed by atoms with E-state index in [1.54, 1.807) is 26.1 Å². The standard InChI is InChI=1S/C17H22BrFN6O/c1-12-22-16(23-26-12)10-21-17(20-2)25-7-5-24(6-8-25)11-13-3-4-14(18)15(19)9-13/h3-4,9H,5-8,10-11H2,1-2H3,(H,20,21). The van der Waals surface area contributed by atoms with Crippen LogP contribution in [0, 0.1) is 12.7 Å². The summed E-state index contributed by atoms with van der Waals surface area (Å²) >= 11 is 3.19. The summed E-state index contributed by atoms with van der Waals surface area (Å²) in [6.45, 7) is 6.46. The monoisotopic (exact) mass is 424 g/mol. The van der Waals surface area contributed by atoms with Gasteiger partial charge in [0.2, 0.25) is 5.89 Å². The van der Waals surface area contributed by atoms with Gasteiger partial charge in [0.1, 0.15) is 5.82 Å². The van der Waals surface area contributed by atoms with Crippen LogP contribution in [0.1, 0.15) is 17.3 Å². The first-order valence-corrected chi connectivity index (χ1v) is 9.25. The summed E-state index contributed by atoms with van der Waals surface area (Å²) in [5.41, 5.74) is 0.981. The normalized spacial score (nSPS) is 16.2. The van der Waals surface area contributed by atoms with Crippen molar-refractivity contribution in [3.05, 3.63) is 45.8 Å². The average Bonchev–Trinajstić information content (AvgIpc) is 3.05. The number of rotatable bonds is 4. The zero-order chi connectivity index (χ0) is 18.5. The van der Waals surface area contributed by atoms with Crippen molar-refractivity contribution in [2.75, 3.05) is 33.2 Å². The van der Waals surface area contributed by atoms with Crippen LogP contribution in [0.15, 0.2) is 32.2 Å². The van der Waals surface area contributed by atoms with Crippen molar-refractivity contribution in [2.45, 2.75) is 20.0 Å². The zero-order valence-corrected chi connectivity index (χ0v) is 16.5. The molecular weight excluding hydrogens is 403 g/mol. The molecule has 1 N–H and O–H groups in total. The van der Waals surface area contributed by atoms with Gasteiger partial charge in [-0.2, -0.15) is 4.98 Å². The fourth-order valence-corrected chi connectivity index (χ4v) is 3.16. The second-order valence-corrected chi connectivity index (χ2v) is 7.00. The van der Waals surface area contributed by atoms with E-state index in [9.17, 15) is 4.39 Å². The first-order valence-electron chi connectivity index (χ1n) is 8.46. The van der Waals surface area contributed by atoms with Crippen molar-refractivity contribution in [2.24, 2.45) is 4.99 Å². The number of halogens is 2. The first-order chi connectivity index (χ1) is 12.5. The van der Waals surface area contributed by atoms with Gasteiger partial charge >= 0.3 is 0 Å². The number of guanidine groups is 1. The predicted molar refractivity (Wildman–Crippen MR) is 100 cm³/mol. The minimum absolute atomic E-state index is 0.220. The van der Waals surface area contributed by atoms with Crippen LogP contribution in [0.3, 0.4) is 0 Å². The van der Waals surface area contributed by atoms with Gasteiger partial charge in [-0.1, -0.05) is 11.2 Å². The number of hydrogen-bond acceptors (Lipinski definition) is 5. The molecule has 0 bridgehead atoms. The highest BCUT2D eigenvalue weighted by Crippen LogP contribution is 2.18. The van der Waals surface area contributed by atoms with Gasteiger partial charge < -0.3 is 14.7 Å². The molecule has 1 aliphatic rings. The molecule has 0 spiro atoms. The molecule has 26 heavy (non-hydrogen) atoms. The molecule has 1 aromatic heterocycles. The van der Waals surface area contributed by atoms with Crippen LogP contribution < -0.4 is 5.32 Å². The van der Waals surface area contributed by atoms with E-state index in [2.05, 4.69) is 46.2 Å². The molecule has 3 rings (SSSR count). The van der Waals surface area contributed by atoms with Gasteiger partial charge in [0, 0.05) is 46.7 Å². The lowest BCUT2D eigenvalue weighted by molar-refractivity contribution is 0.172. The third-order valence-electron chi connectivity index (χ3n) is 4.25. The second-order valence-electron chi connectivity index (χ2n) is 6.14. The van der Waals surface area contributed by atoms with Crippen molar-refractivity contribution < 1.29 is 8.91 Å². The van der Waals surface area contributed by atoms with E-state index in [4.69, 9.17) is 4.52 Å². The quantitative estimate of drug-likeness (QED) is 0.598. The summed E-state index contributed by atoms with van der Waals surface area (Å²) in [6.07, 6.45) is 0. The molecule has 0 unspecified atom stereocenters. The number of benzene rings is 1. The number of hydrogen-bond donors (Lipinski definition) is 1. The van der Waals surface area contributed by atoms with Crippen molar-refractivity contribution in [1.82, 2.24) is 25.3 Å². The third kappa shape index (κ3) is 4.79. The average molecular weight is 425 g/mol. The summed E-state index contributed by atoms with van der Waals surface area (Å²) in [6, 6.07) is 5.29. The van der Waals surface area contributed by atoms with E-state index >= 15 is 0 Å².